The first-order valence-electron chi connectivity index (χ1n) is 5.80. The first kappa shape index (κ1) is 13.0. The van der Waals surface area contributed by atoms with E-state index in [-0.39, 0.29) is 12.1 Å². The van der Waals surface area contributed by atoms with Crippen molar-refractivity contribution in [1.82, 2.24) is 0 Å². The molecule has 0 spiro atoms. The van der Waals surface area contributed by atoms with Crippen LogP contribution in [0.1, 0.15) is 40.0 Å². The fourth-order valence-electron chi connectivity index (χ4n) is 2.45. The lowest BCUT2D eigenvalue weighted by molar-refractivity contribution is -0.152. The molecule has 1 saturated carbocycles. The van der Waals surface area contributed by atoms with Gasteiger partial charge in [0.05, 0.1) is 0 Å². The monoisotopic (exact) mass is 276 g/mol. The van der Waals surface area contributed by atoms with Gasteiger partial charge in [0.1, 0.15) is 11.4 Å². The summed E-state index contributed by atoms with van der Waals surface area (Å²) in [5, 5.41) is 0.308. The zero-order valence-corrected chi connectivity index (χ0v) is 11.4. The summed E-state index contributed by atoms with van der Waals surface area (Å²) in [6.45, 7) is 6.68. The number of carbonyl (C=O) groups excluding carboxylic acids is 1. The normalized spacial score (nSPS) is 31.7. The van der Waals surface area contributed by atoms with E-state index in [0.29, 0.717) is 23.1 Å². The van der Waals surface area contributed by atoms with E-state index in [0.717, 1.165) is 6.42 Å². The van der Waals surface area contributed by atoms with E-state index in [1.54, 1.807) is 0 Å². The van der Waals surface area contributed by atoms with Gasteiger partial charge in [0.15, 0.2) is 0 Å². The highest BCUT2D eigenvalue weighted by atomic mass is 79.9. The zero-order valence-electron chi connectivity index (χ0n) is 9.83. The quantitative estimate of drug-likeness (QED) is 0.584. The van der Waals surface area contributed by atoms with Crippen LogP contribution in [-0.4, -0.2) is 17.4 Å². The van der Waals surface area contributed by atoms with Crippen molar-refractivity contribution >= 4 is 21.9 Å². The third kappa shape index (κ3) is 3.78. The van der Waals surface area contributed by atoms with E-state index < -0.39 is 0 Å². The molecule has 1 aliphatic rings. The first-order chi connectivity index (χ1) is 7.04. The van der Waals surface area contributed by atoms with Gasteiger partial charge >= 0.3 is 5.97 Å². The maximum atomic E-state index is 11.3. The Bertz CT molecular complexity index is 216. The van der Waals surface area contributed by atoms with Crippen molar-refractivity contribution in [2.24, 2.45) is 17.8 Å². The minimum atomic E-state index is -0.125. The van der Waals surface area contributed by atoms with E-state index >= 15 is 0 Å². The molecular weight excluding hydrogens is 256 g/mol. The molecule has 0 aromatic rings. The lowest BCUT2D eigenvalue weighted by atomic mass is 9.75. The van der Waals surface area contributed by atoms with Gasteiger partial charge < -0.3 is 4.74 Å². The second-order valence-electron chi connectivity index (χ2n) is 4.99. The molecule has 15 heavy (non-hydrogen) atoms. The summed E-state index contributed by atoms with van der Waals surface area (Å²) in [7, 11) is 0. The molecule has 0 aliphatic heterocycles. The number of hydrogen-bond acceptors (Lipinski definition) is 2. The van der Waals surface area contributed by atoms with Gasteiger partial charge in [0, 0.05) is 0 Å². The van der Waals surface area contributed by atoms with E-state index in [4.69, 9.17) is 4.74 Å². The van der Waals surface area contributed by atoms with Crippen LogP contribution >= 0.6 is 15.9 Å². The summed E-state index contributed by atoms with van der Waals surface area (Å²) in [6.07, 6.45) is 3.63. The van der Waals surface area contributed by atoms with Crippen molar-refractivity contribution in [3.63, 3.8) is 0 Å². The Hall–Kier alpha value is -0.0500. The summed E-state index contributed by atoms with van der Waals surface area (Å²) >= 11 is 3.14. The fourth-order valence-corrected chi connectivity index (χ4v) is 2.58. The lowest BCUT2D eigenvalue weighted by Crippen LogP contribution is -2.36. The molecule has 3 heteroatoms. The van der Waals surface area contributed by atoms with Crippen LogP contribution in [0.5, 0.6) is 0 Å². The Labute approximate surface area is 101 Å². The van der Waals surface area contributed by atoms with Crippen molar-refractivity contribution in [1.29, 1.82) is 0 Å². The third-order valence-electron chi connectivity index (χ3n) is 3.35. The topological polar surface area (TPSA) is 26.3 Å². The second kappa shape index (κ2) is 5.88. The van der Waals surface area contributed by atoms with Gasteiger partial charge in [-0.05, 0) is 30.6 Å². The molecule has 0 unspecified atom stereocenters. The number of halogens is 1. The lowest BCUT2D eigenvalue weighted by Gasteiger charge is -2.36. The Kier molecular flexibility index (Phi) is 5.10. The van der Waals surface area contributed by atoms with Crippen LogP contribution in [0.25, 0.3) is 0 Å². The molecule has 1 aliphatic carbocycles. The summed E-state index contributed by atoms with van der Waals surface area (Å²) in [5.41, 5.74) is 0. The number of alkyl halides is 1. The van der Waals surface area contributed by atoms with Crippen molar-refractivity contribution in [2.45, 2.75) is 46.1 Å². The Balaban J connectivity index is 2.57. The molecule has 0 radical (unpaired) electrons. The number of carbonyl (C=O) groups is 1. The predicted molar refractivity (Wildman–Crippen MR) is 65.0 cm³/mol. The van der Waals surface area contributed by atoms with E-state index in [1.807, 2.05) is 0 Å². The molecule has 3 atom stereocenters. The third-order valence-corrected chi connectivity index (χ3v) is 3.81. The van der Waals surface area contributed by atoms with Crippen molar-refractivity contribution < 1.29 is 9.53 Å². The van der Waals surface area contributed by atoms with E-state index in [9.17, 15) is 4.79 Å². The molecule has 88 valence electrons. The smallest absolute Gasteiger partial charge is 0.316 e. The molecular formula is C12H21BrO2. The summed E-state index contributed by atoms with van der Waals surface area (Å²) in [4.78, 5) is 11.3. The number of esters is 1. The first-order valence-corrected chi connectivity index (χ1v) is 6.92. The molecule has 0 aromatic heterocycles. The molecule has 0 heterocycles. The molecule has 0 aromatic carbocycles. The second-order valence-corrected chi connectivity index (χ2v) is 5.55. The van der Waals surface area contributed by atoms with Crippen LogP contribution in [0.3, 0.4) is 0 Å². The molecule has 0 saturated heterocycles. The summed E-state index contributed by atoms with van der Waals surface area (Å²) < 4.78 is 5.50. The van der Waals surface area contributed by atoms with Crippen LogP contribution in [-0.2, 0) is 9.53 Å². The Morgan fingerprint density at radius 2 is 2.13 bits per heavy atom. The minimum Gasteiger partial charge on any atom is -0.461 e. The zero-order chi connectivity index (χ0) is 11.4. The van der Waals surface area contributed by atoms with Crippen LogP contribution in [0.4, 0.5) is 0 Å². The maximum Gasteiger partial charge on any atom is 0.316 e. The fraction of sp³-hybridized carbons (Fsp3) is 0.917. The average molecular weight is 277 g/mol. The van der Waals surface area contributed by atoms with Gasteiger partial charge in [-0.25, -0.2) is 0 Å². The summed E-state index contributed by atoms with van der Waals surface area (Å²) in [5.74, 6) is 1.71. The number of hydrogen-bond donors (Lipinski definition) is 0. The van der Waals surface area contributed by atoms with Gasteiger partial charge in [0.25, 0.3) is 0 Å². The largest absolute Gasteiger partial charge is 0.461 e. The van der Waals surface area contributed by atoms with Crippen LogP contribution < -0.4 is 0 Å². The van der Waals surface area contributed by atoms with Crippen LogP contribution in [0.2, 0.25) is 0 Å². The van der Waals surface area contributed by atoms with Gasteiger partial charge in [-0.1, -0.05) is 43.1 Å². The SMILES string of the molecule is CC(C)[C@@H]1CC[C@H](C)C[C@@H]1OC(=O)CBr. The number of rotatable bonds is 3. The maximum absolute atomic E-state index is 11.3. The molecule has 1 rings (SSSR count). The van der Waals surface area contributed by atoms with Gasteiger partial charge in [-0.3, -0.25) is 4.79 Å². The highest BCUT2D eigenvalue weighted by molar-refractivity contribution is 9.09. The average Bonchev–Trinajstić information content (AvgIpc) is 2.17. The molecule has 1 fully saturated rings. The van der Waals surface area contributed by atoms with E-state index in [2.05, 4.69) is 36.7 Å². The van der Waals surface area contributed by atoms with Crippen molar-refractivity contribution in [3.8, 4) is 0 Å². The highest BCUT2D eigenvalue weighted by Crippen LogP contribution is 2.35. The minimum absolute atomic E-state index is 0.125. The van der Waals surface area contributed by atoms with Crippen LogP contribution in [0.15, 0.2) is 0 Å². The molecule has 0 amide bonds. The number of ether oxygens (including phenoxy) is 1. The standard InChI is InChI=1S/C12H21BrO2/c1-8(2)10-5-4-9(3)6-11(10)15-12(14)7-13/h8-11H,4-7H2,1-3H3/t9-,10-,11-/m0/s1. The van der Waals surface area contributed by atoms with Gasteiger partial charge in [0.2, 0.25) is 0 Å². The Morgan fingerprint density at radius 1 is 1.47 bits per heavy atom. The van der Waals surface area contributed by atoms with Gasteiger partial charge in [-0.15, -0.1) is 0 Å². The van der Waals surface area contributed by atoms with Crippen molar-refractivity contribution in [3.05, 3.63) is 0 Å². The molecule has 0 bridgehead atoms. The molecule has 2 nitrogen and oxygen atoms in total. The highest BCUT2D eigenvalue weighted by Gasteiger charge is 2.32. The predicted octanol–water partition coefficient (Wildman–Crippen LogP) is 3.39. The van der Waals surface area contributed by atoms with Crippen molar-refractivity contribution in [2.75, 3.05) is 5.33 Å². The molecule has 0 N–H and O–H groups in total. The van der Waals surface area contributed by atoms with E-state index in [1.165, 1.54) is 12.8 Å². The van der Waals surface area contributed by atoms with Crippen LogP contribution in [0, 0.1) is 17.8 Å². The van der Waals surface area contributed by atoms with Gasteiger partial charge in [-0.2, -0.15) is 0 Å². The Morgan fingerprint density at radius 3 is 2.67 bits per heavy atom. The summed E-state index contributed by atoms with van der Waals surface area (Å²) in [6, 6.07) is 0.